The number of hydrogen-bond donors (Lipinski definition) is 3. The fraction of sp³-hybridized carbons (Fsp3) is 0.583. The first kappa shape index (κ1) is 23.3. The van der Waals surface area contributed by atoms with Gasteiger partial charge in [-0.15, -0.1) is 0 Å². The number of hydrogen-bond acceptors (Lipinski definition) is 10. The fourth-order valence-electron chi connectivity index (χ4n) is 4.86. The Labute approximate surface area is 206 Å². The highest BCUT2D eigenvalue weighted by Crippen LogP contribution is 2.43. The van der Waals surface area contributed by atoms with Gasteiger partial charge < -0.3 is 20.4 Å². The van der Waals surface area contributed by atoms with Crippen molar-refractivity contribution >= 4 is 28.4 Å². The largest absolute Gasteiger partial charge is 0.359 e. The molecule has 2 fully saturated rings. The predicted octanol–water partition coefficient (Wildman–Crippen LogP) is 2.78. The van der Waals surface area contributed by atoms with Gasteiger partial charge in [0.1, 0.15) is 11.5 Å². The van der Waals surface area contributed by atoms with E-state index in [-0.39, 0.29) is 0 Å². The molecule has 5 rings (SSSR count). The third kappa shape index (κ3) is 4.99. The standard InChI is InChI=1S/C24H35N9S/c1-16-13-19(31-23(28-16)30-18-7-5-4-6-8-18)20-14-27-24(25,34-20)22-17(2)29-21(15-26-22)33-11-9-32(3)10-12-33/h13-15,18,27H,4-12,25H2,1-3H3,(H,28,30,31). The van der Waals surface area contributed by atoms with Gasteiger partial charge in [0.25, 0.3) is 0 Å². The van der Waals surface area contributed by atoms with Crippen LogP contribution in [0.15, 0.2) is 18.5 Å². The van der Waals surface area contributed by atoms with Gasteiger partial charge in [-0.2, -0.15) is 0 Å². The quantitative estimate of drug-likeness (QED) is 0.590. The highest BCUT2D eigenvalue weighted by Gasteiger charge is 2.38. The van der Waals surface area contributed by atoms with Crippen LogP contribution in [0.1, 0.15) is 54.9 Å². The second-order valence-corrected chi connectivity index (χ2v) is 10.9. The molecule has 9 nitrogen and oxygen atoms in total. The zero-order chi connectivity index (χ0) is 23.7. The summed E-state index contributed by atoms with van der Waals surface area (Å²) >= 11 is 1.53. The number of likely N-dealkylation sites (N-methyl/N-ethyl adjacent to an activating group) is 1. The molecule has 34 heavy (non-hydrogen) atoms. The molecule has 3 aliphatic rings. The Morgan fingerprint density at radius 3 is 2.59 bits per heavy atom. The summed E-state index contributed by atoms with van der Waals surface area (Å²) < 4.78 is 0. The van der Waals surface area contributed by atoms with Crippen molar-refractivity contribution in [3.63, 3.8) is 0 Å². The molecule has 2 aromatic heterocycles. The van der Waals surface area contributed by atoms with E-state index < -0.39 is 4.99 Å². The summed E-state index contributed by atoms with van der Waals surface area (Å²) in [5, 5.41) is 6.89. The molecule has 1 atom stereocenters. The Hall–Kier alpha value is -2.43. The number of nitrogens with one attached hydrogen (secondary N) is 2. The summed E-state index contributed by atoms with van der Waals surface area (Å²) in [6.45, 7) is 7.97. The van der Waals surface area contributed by atoms with Gasteiger partial charge >= 0.3 is 0 Å². The van der Waals surface area contributed by atoms with Crippen LogP contribution >= 0.6 is 11.8 Å². The lowest BCUT2D eigenvalue weighted by Gasteiger charge is -2.33. The van der Waals surface area contributed by atoms with Gasteiger partial charge in [0, 0.05) is 44.1 Å². The molecule has 1 saturated carbocycles. The van der Waals surface area contributed by atoms with Crippen LogP contribution in [0.2, 0.25) is 0 Å². The number of thioether (sulfide) groups is 1. The second-order valence-electron chi connectivity index (χ2n) is 9.64. The van der Waals surface area contributed by atoms with Gasteiger partial charge in [-0.3, -0.25) is 10.7 Å². The Bertz CT molecular complexity index is 1060. The van der Waals surface area contributed by atoms with Crippen LogP contribution in [0.3, 0.4) is 0 Å². The van der Waals surface area contributed by atoms with Crippen molar-refractivity contribution in [1.29, 1.82) is 0 Å². The lowest BCUT2D eigenvalue weighted by Crippen LogP contribution is -2.46. The molecule has 0 bridgehead atoms. The summed E-state index contributed by atoms with van der Waals surface area (Å²) in [7, 11) is 2.15. The number of nitrogens with zero attached hydrogens (tertiary/aromatic N) is 6. The normalized spacial score (nSPS) is 24.1. The first-order valence-corrected chi connectivity index (χ1v) is 13.1. The Morgan fingerprint density at radius 1 is 1.09 bits per heavy atom. The monoisotopic (exact) mass is 481 g/mol. The highest BCUT2D eigenvalue weighted by molar-refractivity contribution is 8.09. The van der Waals surface area contributed by atoms with Crippen LogP contribution in [-0.2, 0) is 4.99 Å². The minimum atomic E-state index is -0.886. The molecule has 2 aliphatic heterocycles. The molecule has 1 saturated heterocycles. The second kappa shape index (κ2) is 9.67. The van der Waals surface area contributed by atoms with E-state index in [1.807, 2.05) is 32.3 Å². The van der Waals surface area contributed by atoms with Crippen molar-refractivity contribution in [2.75, 3.05) is 43.4 Å². The molecule has 4 N–H and O–H groups in total. The first-order valence-electron chi connectivity index (χ1n) is 12.3. The lowest BCUT2D eigenvalue weighted by molar-refractivity contribution is 0.312. The number of piperazine rings is 1. The number of aromatic nitrogens is 4. The van der Waals surface area contributed by atoms with Crippen molar-refractivity contribution in [3.05, 3.63) is 41.2 Å². The van der Waals surface area contributed by atoms with Crippen LogP contribution in [0.4, 0.5) is 11.8 Å². The maximum atomic E-state index is 6.80. The number of nitrogens with two attached hydrogens (primary N) is 1. The predicted molar refractivity (Wildman–Crippen MR) is 138 cm³/mol. The van der Waals surface area contributed by atoms with Crippen molar-refractivity contribution < 1.29 is 0 Å². The Morgan fingerprint density at radius 2 is 1.85 bits per heavy atom. The molecule has 2 aromatic rings. The third-order valence-electron chi connectivity index (χ3n) is 6.85. The minimum absolute atomic E-state index is 0.456. The summed E-state index contributed by atoms with van der Waals surface area (Å²) in [5.74, 6) is 1.62. The summed E-state index contributed by atoms with van der Waals surface area (Å²) in [5.41, 5.74) is 10.2. The summed E-state index contributed by atoms with van der Waals surface area (Å²) in [6, 6.07) is 2.46. The number of aryl methyl sites for hydroxylation is 2. The van der Waals surface area contributed by atoms with E-state index in [1.165, 1.54) is 43.9 Å². The van der Waals surface area contributed by atoms with Crippen LogP contribution in [0.5, 0.6) is 0 Å². The minimum Gasteiger partial charge on any atom is -0.359 e. The summed E-state index contributed by atoms with van der Waals surface area (Å²) in [6.07, 6.45) is 10.0. The van der Waals surface area contributed by atoms with Gasteiger partial charge in [-0.05, 0) is 39.8 Å². The van der Waals surface area contributed by atoms with Crippen molar-refractivity contribution in [2.45, 2.75) is 57.0 Å². The SMILES string of the molecule is Cc1cc(C2=CNC(N)(c3ncc(N4CCN(C)CC4)nc3C)S2)nc(NC2CCCCC2)n1. The van der Waals surface area contributed by atoms with E-state index >= 15 is 0 Å². The molecular weight excluding hydrogens is 446 g/mol. The van der Waals surface area contributed by atoms with E-state index in [2.05, 4.69) is 32.5 Å². The zero-order valence-electron chi connectivity index (χ0n) is 20.3. The maximum Gasteiger partial charge on any atom is 0.223 e. The van der Waals surface area contributed by atoms with E-state index in [9.17, 15) is 0 Å². The molecule has 1 aliphatic carbocycles. The van der Waals surface area contributed by atoms with Crippen LogP contribution in [0.25, 0.3) is 4.91 Å². The molecule has 0 radical (unpaired) electrons. The Kier molecular flexibility index (Phi) is 6.63. The average molecular weight is 482 g/mol. The lowest BCUT2D eigenvalue weighted by atomic mass is 9.96. The number of anilines is 2. The fourth-order valence-corrected chi connectivity index (χ4v) is 5.95. The van der Waals surface area contributed by atoms with Crippen LogP contribution < -0.4 is 21.3 Å². The van der Waals surface area contributed by atoms with Crippen LogP contribution in [-0.4, -0.2) is 64.1 Å². The molecular formula is C24H35N9S. The number of rotatable bonds is 5. The van der Waals surface area contributed by atoms with Crippen molar-refractivity contribution in [3.8, 4) is 0 Å². The van der Waals surface area contributed by atoms with Crippen molar-refractivity contribution in [2.24, 2.45) is 5.73 Å². The summed E-state index contributed by atoms with van der Waals surface area (Å²) in [4.78, 5) is 23.8. The van der Waals surface area contributed by atoms with E-state index in [4.69, 9.17) is 20.7 Å². The first-order chi connectivity index (χ1) is 16.4. The van der Waals surface area contributed by atoms with E-state index in [0.29, 0.717) is 12.0 Å². The molecule has 182 valence electrons. The van der Waals surface area contributed by atoms with Gasteiger partial charge in [-0.1, -0.05) is 31.0 Å². The molecule has 1 unspecified atom stereocenters. The molecule has 10 heteroatoms. The zero-order valence-corrected chi connectivity index (χ0v) is 21.2. The van der Waals surface area contributed by atoms with Gasteiger partial charge in [0.05, 0.1) is 22.5 Å². The third-order valence-corrected chi connectivity index (χ3v) is 8.03. The highest BCUT2D eigenvalue weighted by atomic mass is 32.2. The van der Waals surface area contributed by atoms with Gasteiger partial charge in [0.2, 0.25) is 5.95 Å². The smallest absolute Gasteiger partial charge is 0.223 e. The molecule has 0 aromatic carbocycles. The Balaban J connectivity index is 1.31. The average Bonchev–Trinajstić information content (AvgIpc) is 3.23. The van der Waals surface area contributed by atoms with E-state index in [0.717, 1.165) is 59.7 Å². The van der Waals surface area contributed by atoms with E-state index in [1.54, 1.807) is 0 Å². The molecule has 0 spiro atoms. The molecule has 4 heterocycles. The van der Waals surface area contributed by atoms with Gasteiger partial charge in [-0.25, -0.2) is 15.0 Å². The topological polar surface area (TPSA) is 108 Å². The van der Waals surface area contributed by atoms with Crippen molar-refractivity contribution in [1.82, 2.24) is 30.2 Å². The van der Waals surface area contributed by atoms with Crippen LogP contribution in [0, 0.1) is 13.8 Å². The van der Waals surface area contributed by atoms with Gasteiger partial charge in [0.15, 0.2) is 4.99 Å². The maximum absolute atomic E-state index is 6.80. The molecule has 0 amide bonds.